The molecule has 0 atom stereocenters. The normalized spacial score (nSPS) is 11.4. The highest BCUT2D eigenvalue weighted by Crippen LogP contribution is 2.18. The Kier molecular flexibility index (Phi) is 6.13. The molecule has 0 radical (unpaired) electrons. The first kappa shape index (κ1) is 15.0. The first-order valence-electron chi connectivity index (χ1n) is 6.94. The molecule has 0 spiro atoms. The minimum absolute atomic E-state index is 0.307. The van der Waals surface area contributed by atoms with E-state index in [4.69, 9.17) is 0 Å². The predicted octanol–water partition coefficient (Wildman–Crippen LogP) is 3.50. The molecule has 1 heterocycles. The van der Waals surface area contributed by atoms with Gasteiger partial charge in [-0.25, -0.2) is 0 Å². The Morgan fingerprint density at radius 2 is 2.00 bits per heavy atom. The fraction of sp³-hybridized carbons (Fsp3) is 0.667. The molecule has 0 saturated heterocycles. The molecule has 18 heavy (non-hydrogen) atoms. The van der Waals surface area contributed by atoms with Crippen molar-refractivity contribution in [3.05, 3.63) is 23.5 Å². The van der Waals surface area contributed by atoms with Crippen LogP contribution in [-0.4, -0.2) is 27.6 Å². The third-order valence-electron chi connectivity index (χ3n) is 3.22. The van der Waals surface area contributed by atoms with Crippen LogP contribution < -0.4 is 0 Å². The lowest BCUT2D eigenvalue weighted by Crippen LogP contribution is -2.31. The highest BCUT2D eigenvalue weighted by Gasteiger charge is 2.13. The van der Waals surface area contributed by atoms with Crippen LogP contribution in [0.25, 0.3) is 0 Å². The molecule has 0 fully saturated rings. The molecule has 0 aliphatic carbocycles. The van der Waals surface area contributed by atoms with Crippen molar-refractivity contribution in [2.45, 2.75) is 59.5 Å². The molecule has 0 unspecified atom stereocenters. The quantitative estimate of drug-likeness (QED) is 0.752. The van der Waals surface area contributed by atoms with Crippen molar-refractivity contribution in [1.82, 2.24) is 9.88 Å². The third-order valence-corrected chi connectivity index (χ3v) is 3.22. The van der Waals surface area contributed by atoms with Crippen LogP contribution in [0.4, 0.5) is 0 Å². The number of rotatable bonds is 7. The van der Waals surface area contributed by atoms with E-state index in [9.17, 15) is 5.11 Å². The smallest absolute Gasteiger partial charge is 0.138 e. The third kappa shape index (κ3) is 4.65. The number of hydrogen-bond acceptors (Lipinski definition) is 3. The van der Waals surface area contributed by atoms with Gasteiger partial charge in [-0.1, -0.05) is 19.8 Å². The molecule has 3 nitrogen and oxygen atoms in total. The zero-order valence-electron chi connectivity index (χ0n) is 12.1. The summed E-state index contributed by atoms with van der Waals surface area (Å²) in [6.45, 7) is 10.4. The Morgan fingerprint density at radius 1 is 1.28 bits per heavy atom. The minimum Gasteiger partial charge on any atom is -0.506 e. The number of aromatic hydroxyl groups is 1. The van der Waals surface area contributed by atoms with E-state index in [0.29, 0.717) is 11.8 Å². The SMILES string of the molecule is CCCCCN(Cc1nc(C)ccc1O)C(C)C. The Morgan fingerprint density at radius 3 is 2.61 bits per heavy atom. The van der Waals surface area contributed by atoms with Crippen LogP contribution in [0.1, 0.15) is 51.4 Å². The highest BCUT2D eigenvalue weighted by atomic mass is 16.3. The van der Waals surface area contributed by atoms with E-state index in [-0.39, 0.29) is 0 Å². The van der Waals surface area contributed by atoms with E-state index in [1.165, 1.54) is 19.3 Å². The summed E-state index contributed by atoms with van der Waals surface area (Å²) in [7, 11) is 0. The van der Waals surface area contributed by atoms with Crippen molar-refractivity contribution >= 4 is 0 Å². The van der Waals surface area contributed by atoms with E-state index in [2.05, 4.69) is 30.7 Å². The van der Waals surface area contributed by atoms with Crippen LogP contribution in [0.5, 0.6) is 5.75 Å². The van der Waals surface area contributed by atoms with Gasteiger partial charge >= 0.3 is 0 Å². The minimum atomic E-state index is 0.307. The largest absolute Gasteiger partial charge is 0.506 e. The average molecular weight is 250 g/mol. The summed E-state index contributed by atoms with van der Waals surface area (Å²) in [5.74, 6) is 0.307. The Labute approximate surface area is 111 Å². The van der Waals surface area contributed by atoms with E-state index < -0.39 is 0 Å². The summed E-state index contributed by atoms with van der Waals surface area (Å²) in [4.78, 5) is 6.80. The first-order valence-corrected chi connectivity index (χ1v) is 6.94. The molecule has 0 aromatic carbocycles. The molecule has 102 valence electrons. The Hall–Kier alpha value is -1.09. The molecule has 0 aliphatic rings. The van der Waals surface area contributed by atoms with Gasteiger partial charge in [0.25, 0.3) is 0 Å². The number of nitrogens with zero attached hydrogens (tertiary/aromatic N) is 2. The topological polar surface area (TPSA) is 36.4 Å². The van der Waals surface area contributed by atoms with Gasteiger partial charge in [0, 0.05) is 18.3 Å². The molecule has 3 heteroatoms. The van der Waals surface area contributed by atoms with E-state index >= 15 is 0 Å². The molecule has 1 rings (SSSR count). The second kappa shape index (κ2) is 7.37. The Balaban J connectivity index is 2.67. The van der Waals surface area contributed by atoms with Gasteiger partial charge in [-0.2, -0.15) is 0 Å². The van der Waals surface area contributed by atoms with Crippen molar-refractivity contribution in [2.24, 2.45) is 0 Å². The van der Waals surface area contributed by atoms with Crippen LogP contribution in [0.15, 0.2) is 12.1 Å². The van der Waals surface area contributed by atoms with Crippen LogP contribution in [-0.2, 0) is 6.54 Å². The molecular weight excluding hydrogens is 224 g/mol. The van der Waals surface area contributed by atoms with Crippen molar-refractivity contribution in [3.8, 4) is 5.75 Å². The standard InChI is InChI=1S/C15H26N2O/c1-5-6-7-10-17(12(2)3)11-14-15(18)9-8-13(4)16-14/h8-9,12,18H,5-7,10-11H2,1-4H3. The molecule has 1 N–H and O–H groups in total. The van der Waals surface area contributed by atoms with Gasteiger partial charge in [0.05, 0.1) is 5.69 Å². The lowest BCUT2D eigenvalue weighted by Gasteiger charge is -2.26. The van der Waals surface area contributed by atoms with Gasteiger partial charge in [-0.15, -0.1) is 0 Å². The lowest BCUT2D eigenvalue weighted by atomic mass is 10.2. The molecule has 0 aliphatic heterocycles. The zero-order chi connectivity index (χ0) is 13.5. The van der Waals surface area contributed by atoms with E-state index in [1.54, 1.807) is 6.07 Å². The highest BCUT2D eigenvalue weighted by molar-refractivity contribution is 5.27. The maximum absolute atomic E-state index is 9.85. The summed E-state index contributed by atoms with van der Waals surface area (Å²) >= 11 is 0. The monoisotopic (exact) mass is 250 g/mol. The molecule has 0 saturated carbocycles. The number of aryl methyl sites for hydroxylation is 1. The van der Waals surface area contributed by atoms with Crippen molar-refractivity contribution in [3.63, 3.8) is 0 Å². The fourth-order valence-corrected chi connectivity index (χ4v) is 2.00. The molecular formula is C15H26N2O. The van der Waals surface area contributed by atoms with Crippen molar-refractivity contribution < 1.29 is 5.11 Å². The summed E-state index contributed by atoms with van der Waals surface area (Å²) in [5, 5.41) is 9.85. The second-order valence-corrected chi connectivity index (χ2v) is 5.19. The number of hydrogen-bond donors (Lipinski definition) is 1. The first-order chi connectivity index (χ1) is 8.54. The fourth-order valence-electron chi connectivity index (χ4n) is 2.00. The van der Waals surface area contributed by atoms with Crippen LogP contribution in [0.2, 0.25) is 0 Å². The summed E-state index contributed by atoms with van der Waals surface area (Å²) in [6, 6.07) is 4.06. The maximum Gasteiger partial charge on any atom is 0.138 e. The second-order valence-electron chi connectivity index (χ2n) is 5.19. The zero-order valence-corrected chi connectivity index (χ0v) is 12.1. The number of unbranched alkanes of at least 4 members (excludes halogenated alkanes) is 2. The summed E-state index contributed by atoms with van der Waals surface area (Å²) < 4.78 is 0. The van der Waals surface area contributed by atoms with Gasteiger partial charge in [-0.3, -0.25) is 9.88 Å². The molecule has 1 aromatic rings. The predicted molar refractivity (Wildman–Crippen MR) is 75.7 cm³/mol. The van der Waals surface area contributed by atoms with Crippen LogP contribution >= 0.6 is 0 Å². The molecule has 0 bridgehead atoms. The van der Waals surface area contributed by atoms with Crippen LogP contribution in [0.3, 0.4) is 0 Å². The molecule has 0 amide bonds. The summed E-state index contributed by atoms with van der Waals surface area (Å²) in [6.07, 6.45) is 3.71. The molecule has 1 aromatic heterocycles. The van der Waals surface area contributed by atoms with Gasteiger partial charge in [0.2, 0.25) is 0 Å². The van der Waals surface area contributed by atoms with Gasteiger partial charge in [0.1, 0.15) is 5.75 Å². The average Bonchev–Trinajstić information content (AvgIpc) is 2.32. The van der Waals surface area contributed by atoms with E-state index in [0.717, 1.165) is 24.5 Å². The van der Waals surface area contributed by atoms with E-state index in [1.807, 2.05) is 13.0 Å². The summed E-state index contributed by atoms with van der Waals surface area (Å²) in [5.41, 5.74) is 1.75. The van der Waals surface area contributed by atoms with Gasteiger partial charge in [-0.05, 0) is 45.9 Å². The lowest BCUT2D eigenvalue weighted by molar-refractivity contribution is 0.203. The van der Waals surface area contributed by atoms with Crippen LogP contribution in [0, 0.1) is 6.92 Å². The van der Waals surface area contributed by atoms with Gasteiger partial charge in [0.15, 0.2) is 0 Å². The number of pyridine rings is 1. The van der Waals surface area contributed by atoms with Crippen molar-refractivity contribution in [1.29, 1.82) is 0 Å². The van der Waals surface area contributed by atoms with Crippen molar-refractivity contribution in [2.75, 3.05) is 6.54 Å². The maximum atomic E-state index is 9.85. The number of aromatic nitrogens is 1. The Bertz CT molecular complexity index is 364. The van der Waals surface area contributed by atoms with Gasteiger partial charge < -0.3 is 5.11 Å².